The third kappa shape index (κ3) is 3.44. The molecule has 3 aromatic rings. The molecule has 0 bridgehead atoms. The predicted octanol–water partition coefficient (Wildman–Crippen LogP) is 4.56. The molecular formula is C16H12F6N4. The maximum Gasteiger partial charge on any atom is 0.416 e. The van der Waals surface area contributed by atoms with Gasteiger partial charge in [0.1, 0.15) is 5.69 Å². The Labute approximate surface area is 143 Å². The van der Waals surface area contributed by atoms with Crippen LogP contribution in [0.2, 0.25) is 0 Å². The van der Waals surface area contributed by atoms with Crippen LogP contribution in [0.5, 0.6) is 0 Å². The van der Waals surface area contributed by atoms with E-state index in [1.165, 1.54) is 0 Å². The van der Waals surface area contributed by atoms with Gasteiger partial charge >= 0.3 is 12.4 Å². The van der Waals surface area contributed by atoms with E-state index in [0.717, 1.165) is 12.1 Å². The van der Waals surface area contributed by atoms with Gasteiger partial charge in [0.15, 0.2) is 0 Å². The number of nitrogens with one attached hydrogen (secondary N) is 1. The minimum atomic E-state index is -4.75. The normalized spacial score (nSPS) is 12.6. The average Bonchev–Trinajstić information content (AvgIpc) is 3.01. The second kappa shape index (κ2) is 6.19. The number of benzene rings is 1. The zero-order chi connectivity index (χ0) is 19.1. The van der Waals surface area contributed by atoms with Crippen molar-refractivity contribution in [2.75, 3.05) is 12.4 Å². The molecule has 0 radical (unpaired) electrons. The van der Waals surface area contributed by atoms with E-state index in [-0.39, 0.29) is 11.3 Å². The Kier molecular flexibility index (Phi) is 4.29. The van der Waals surface area contributed by atoms with Crippen molar-refractivity contribution in [3.8, 4) is 11.3 Å². The number of hydrogen-bond acceptors (Lipinski definition) is 3. The summed E-state index contributed by atoms with van der Waals surface area (Å²) in [4.78, 5) is 0. The topological polar surface area (TPSA) is 42.2 Å². The summed E-state index contributed by atoms with van der Waals surface area (Å²) in [6.07, 6.45) is -9.30. The quantitative estimate of drug-likeness (QED) is 0.684. The summed E-state index contributed by atoms with van der Waals surface area (Å²) in [5.41, 5.74) is -1.21. The van der Waals surface area contributed by atoms with Crippen LogP contribution in [0.1, 0.15) is 11.1 Å². The maximum atomic E-state index is 12.9. The van der Waals surface area contributed by atoms with E-state index < -0.39 is 29.9 Å². The van der Waals surface area contributed by atoms with Crippen molar-refractivity contribution >= 4 is 11.5 Å². The second-order valence-electron chi connectivity index (χ2n) is 5.55. The molecule has 0 aliphatic rings. The number of alkyl halides is 6. The first-order chi connectivity index (χ1) is 12.1. The molecule has 0 aliphatic heterocycles. The average molecular weight is 374 g/mol. The van der Waals surface area contributed by atoms with Gasteiger partial charge in [-0.1, -0.05) is 6.07 Å². The van der Waals surface area contributed by atoms with Crippen LogP contribution in [0.15, 0.2) is 36.5 Å². The van der Waals surface area contributed by atoms with Crippen molar-refractivity contribution in [2.45, 2.75) is 18.8 Å². The fourth-order valence-corrected chi connectivity index (χ4v) is 2.68. The van der Waals surface area contributed by atoms with Gasteiger partial charge in [0, 0.05) is 18.8 Å². The van der Waals surface area contributed by atoms with Gasteiger partial charge in [-0.05, 0) is 29.8 Å². The molecule has 0 saturated heterocycles. The van der Waals surface area contributed by atoms with Crippen molar-refractivity contribution in [1.82, 2.24) is 14.6 Å². The highest BCUT2D eigenvalue weighted by molar-refractivity contribution is 5.80. The van der Waals surface area contributed by atoms with Crippen molar-refractivity contribution in [2.24, 2.45) is 0 Å². The number of hydrogen-bond donors (Lipinski definition) is 1. The summed E-state index contributed by atoms with van der Waals surface area (Å²) in [7, 11) is 1.59. The Hall–Kier alpha value is -2.78. The van der Waals surface area contributed by atoms with E-state index in [2.05, 4.69) is 15.5 Å². The predicted molar refractivity (Wildman–Crippen MR) is 82.7 cm³/mol. The lowest BCUT2D eigenvalue weighted by atomic mass is 9.98. The van der Waals surface area contributed by atoms with Crippen LogP contribution in [-0.2, 0) is 12.6 Å². The monoisotopic (exact) mass is 374 g/mol. The lowest BCUT2D eigenvalue weighted by molar-refractivity contribution is -0.138. The minimum Gasteiger partial charge on any atom is -0.357 e. The SMILES string of the molecule is CNc1nnc(-c2ccc(C(F)(F)F)cc2CC(F)(F)F)c2cccn12. The van der Waals surface area contributed by atoms with Gasteiger partial charge in [-0.3, -0.25) is 4.40 Å². The van der Waals surface area contributed by atoms with Crippen LogP contribution in [-0.4, -0.2) is 27.8 Å². The molecule has 0 unspecified atom stereocenters. The van der Waals surface area contributed by atoms with Gasteiger partial charge in [-0.15, -0.1) is 10.2 Å². The van der Waals surface area contributed by atoms with Gasteiger partial charge < -0.3 is 5.32 Å². The number of halogens is 6. The molecule has 0 atom stereocenters. The molecule has 2 heterocycles. The Balaban J connectivity index is 2.23. The molecule has 1 N–H and O–H groups in total. The Morgan fingerprint density at radius 2 is 1.77 bits per heavy atom. The molecule has 3 rings (SSSR count). The molecule has 26 heavy (non-hydrogen) atoms. The summed E-state index contributed by atoms with van der Waals surface area (Å²) >= 11 is 0. The van der Waals surface area contributed by atoms with Gasteiger partial charge in [0.25, 0.3) is 0 Å². The molecule has 1 aromatic carbocycles. The van der Waals surface area contributed by atoms with E-state index >= 15 is 0 Å². The van der Waals surface area contributed by atoms with Gasteiger partial charge in [0.2, 0.25) is 5.95 Å². The first kappa shape index (κ1) is 18.0. The van der Waals surface area contributed by atoms with Crippen molar-refractivity contribution in [3.63, 3.8) is 0 Å². The fraction of sp³-hybridized carbons (Fsp3) is 0.250. The smallest absolute Gasteiger partial charge is 0.357 e. The van der Waals surface area contributed by atoms with Crippen molar-refractivity contribution in [1.29, 1.82) is 0 Å². The highest BCUT2D eigenvalue weighted by Gasteiger charge is 2.34. The standard InChI is InChI=1S/C16H12F6N4/c1-23-14-25-24-13(12-3-2-6-26(12)14)11-5-4-10(16(20,21)22)7-9(11)8-15(17,18)19/h2-7H,8H2,1H3,(H,23,25). The fourth-order valence-electron chi connectivity index (χ4n) is 2.68. The molecule has 0 spiro atoms. The van der Waals surface area contributed by atoms with Crippen molar-refractivity contribution < 1.29 is 26.3 Å². The highest BCUT2D eigenvalue weighted by atomic mass is 19.4. The summed E-state index contributed by atoms with van der Waals surface area (Å²) in [5, 5.41) is 10.6. The third-order valence-electron chi connectivity index (χ3n) is 3.77. The zero-order valence-corrected chi connectivity index (χ0v) is 13.3. The van der Waals surface area contributed by atoms with Crippen LogP contribution < -0.4 is 5.32 Å². The number of rotatable bonds is 3. The second-order valence-corrected chi connectivity index (χ2v) is 5.55. The molecular weight excluding hydrogens is 362 g/mol. The first-order valence-corrected chi connectivity index (χ1v) is 7.39. The third-order valence-corrected chi connectivity index (χ3v) is 3.77. The van der Waals surface area contributed by atoms with Crippen LogP contribution in [0, 0.1) is 0 Å². The van der Waals surface area contributed by atoms with E-state index in [1.807, 2.05) is 0 Å². The molecule has 4 nitrogen and oxygen atoms in total. The molecule has 0 saturated carbocycles. The van der Waals surface area contributed by atoms with E-state index in [1.54, 1.807) is 29.8 Å². The first-order valence-electron chi connectivity index (χ1n) is 7.39. The van der Waals surface area contributed by atoms with E-state index in [0.29, 0.717) is 17.5 Å². The largest absolute Gasteiger partial charge is 0.416 e. The lowest BCUT2D eigenvalue weighted by Crippen LogP contribution is -2.15. The van der Waals surface area contributed by atoms with Gasteiger partial charge in [-0.2, -0.15) is 26.3 Å². The number of fused-ring (bicyclic) bond motifs is 1. The highest BCUT2D eigenvalue weighted by Crippen LogP contribution is 2.36. The lowest BCUT2D eigenvalue weighted by Gasteiger charge is -2.16. The van der Waals surface area contributed by atoms with E-state index in [9.17, 15) is 26.3 Å². The van der Waals surface area contributed by atoms with Gasteiger partial charge in [-0.25, -0.2) is 0 Å². The summed E-state index contributed by atoms with van der Waals surface area (Å²) in [6, 6.07) is 5.48. The Bertz CT molecular complexity index is 942. The van der Waals surface area contributed by atoms with E-state index in [4.69, 9.17) is 0 Å². The number of aromatic nitrogens is 3. The number of nitrogens with zero attached hydrogens (tertiary/aromatic N) is 3. The van der Waals surface area contributed by atoms with Crippen molar-refractivity contribution in [3.05, 3.63) is 47.7 Å². The molecule has 10 heteroatoms. The summed E-state index contributed by atoms with van der Waals surface area (Å²) < 4.78 is 79.0. The van der Waals surface area contributed by atoms with Crippen LogP contribution in [0.3, 0.4) is 0 Å². The molecule has 0 aliphatic carbocycles. The van der Waals surface area contributed by atoms with Gasteiger partial charge in [0.05, 0.1) is 17.5 Å². The molecule has 0 amide bonds. The van der Waals surface area contributed by atoms with Crippen LogP contribution in [0.25, 0.3) is 16.8 Å². The Morgan fingerprint density at radius 1 is 1.04 bits per heavy atom. The number of anilines is 1. The minimum absolute atomic E-state index is 0.0471. The van der Waals surface area contributed by atoms with Crippen LogP contribution in [0.4, 0.5) is 32.3 Å². The summed E-state index contributed by atoms with van der Waals surface area (Å²) in [5.74, 6) is 0.345. The molecule has 2 aromatic heterocycles. The molecule has 0 fully saturated rings. The Morgan fingerprint density at radius 3 is 2.38 bits per heavy atom. The maximum absolute atomic E-state index is 12.9. The summed E-state index contributed by atoms with van der Waals surface area (Å²) in [6.45, 7) is 0. The zero-order valence-electron chi connectivity index (χ0n) is 13.3. The van der Waals surface area contributed by atoms with Crippen LogP contribution >= 0.6 is 0 Å². The molecule has 138 valence electrons.